The summed E-state index contributed by atoms with van der Waals surface area (Å²) in [7, 11) is 0. The number of benzene rings is 1. The standard InChI is InChI=1S/C12H10BrFN2OS/c13-8-3-7(1-2-9(8)14)4-11(17)10-6-18-12(5-15)16-10/h1-3,6H,4-5,15H2. The van der Waals surface area contributed by atoms with E-state index in [1.165, 1.54) is 17.4 Å². The molecule has 2 N–H and O–H groups in total. The van der Waals surface area contributed by atoms with Crippen LogP contribution in [-0.4, -0.2) is 10.8 Å². The molecule has 2 aromatic rings. The van der Waals surface area contributed by atoms with Crippen LogP contribution in [0, 0.1) is 5.82 Å². The summed E-state index contributed by atoms with van der Waals surface area (Å²) in [4.78, 5) is 16.1. The maximum absolute atomic E-state index is 13.1. The molecule has 18 heavy (non-hydrogen) atoms. The SMILES string of the molecule is NCc1nc(C(=O)Cc2ccc(F)c(Br)c2)cs1. The highest BCUT2D eigenvalue weighted by Gasteiger charge is 2.12. The zero-order valence-corrected chi connectivity index (χ0v) is 11.7. The van der Waals surface area contributed by atoms with Crippen molar-refractivity contribution in [2.45, 2.75) is 13.0 Å². The highest BCUT2D eigenvalue weighted by atomic mass is 79.9. The van der Waals surface area contributed by atoms with Crippen LogP contribution < -0.4 is 5.73 Å². The molecule has 6 heteroatoms. The minimum Gasteiger partial charge on any atom is -0.325 e. The molecule has 0 amide bonds. The minimum atomic E-state index is -0.342. The van der Waals surface area contributed by atoms with Crippen LogP contribution in [-0.2, 0) is 13.0 Å². The van der Waals surface area contributed by atoms with Gasteiger partial charge in [-0.1, -0.05) is 6.07 Å². The molecule has 3 nitrogen and oxygen atoms in total. The van der Waals surface area contributed by atoms with Crippen molar-refractivity contribution >= 4 is 33.0 Å². The molecular weight excluding hydrogens is 319 g/mol. The van der Waals surface area contributed by atoms with Gasteiger partial charge in [0.15, 0.2) is 5.78 Å². The van der Waals surface area contributed by atoms with Crippen LogP contribution in [0.3, 0.4) is 0 Å². The molecule has 0 unspecified atom stereocenters. The van der Waals surface area contributed by atoms with Crippen molar-refractivity contribution in [3.8, 4) is 0 Å². The number of hydrogen-bond donors (Lipinski definition) is 1. The van der Waals surface area contributed by atoms with Crippen LogP contribution in [0.25, 0.3) is 0 Å². The van der Waals surface area contributed by atoms with E-state index in [2.05, 4.69) is 20.9 Å². The molecule has 0 saturated heterocycles. The van der Waals surface area contributed by atoms with Gasteiger partial charge >= 0.3 is 0 Å². The number of thiazole rings is 1. The van der Waals surface area contributed by atoms with Gasteiger partial charge in [0.1, 0.15) is 16.5 Å². The molecule has 1 aromatic heterocycles. The summed E-state index contributed by atoms with van der Waals surface area (Å²) < 4.78 is 13.4. The summed E-state index contributed by atoms with van der Waals surface area (Å²) in [6, 6.07) is 4.52. The maximum atomic E-state index is 13.1. The molecule has 2 rings (SSSR count). The largest absolute Gasteiger partial charge is 0.325 e. The minimum absolute atomic E-state index is 0.0931. The predicted molar refractivity (Wildman–Crippen MR) is 72.1 cm³/mol. The third-order valence-electron chi connectivity index (χ3n) is 2.36. The summed E-state index contributed by atoms with van der Waals surface area (Å²) in [6.45, 7) is 0.333. The second-order valence-corrected chi connectivity index (χ2v) is 5.48. The fraction of sp³-hybridized carbons (Fsp3) is 0.167. The first kappa shape index (κ1) is 13.3. The Hall–Kier alpha value is -1.11. The molecule has 1 aromatic carbocycles. The van der Waals surface area contributed by atoms with E-state index in [1.807, 2.05) is 0 Å². The van der Waals surface area contributed by atoms with E-state index in [4.69, 9.17) is 5.73 Å². The van der Waals surface area contributed by atoms with Gasteiger partial charge in [0, 0.05) is 18.3 Å². The van der Waals surface area contributed by atoms with Gasteiger partial charge in [0.25, 0.3) is 0 Å². The van der Waals surface area contributed by atoms with Crippen molar-refractivity contribution in [1.29, 1.82) is 0 Å². The van der Waals surface area contributed by atoms with Crippen LogP contribution in [0.2, 0.25) is 0 Å². The number of hydrogen-bond acceptors (Lipinski definition) is 4. The predicted octanol–water partition coefficient (Wildman–Crippen LogP) is 2.93. The van der Waals surface area contributed by atoms with Gasteiger partial charge in [0.05, 0.1) is 4.47 Å². The number of carbonyl (C=O) groups excluding carboxylic acids is 1. The lowest BCUT2D eigenvalue weighted by Crippen LogP contribution is -2.05. The van der Waals surface area contributed by atoms with Crippen LogP contribution in [0.1, 0.15) is 21.1 Å². The second kappa shape index (κ2) is 5.69. The first-order valence-corrected chi connectivity index (χ1v) is 6.89. The molecule has 0 aliphatic carbocycles. The molecule has 94 valence electrons. The van der Waals surface area contributed by atoms with Crippen LogP contribution in [0.15, 0.2) is 28.1 Å². The van der Waals surface area contributed by atoms with Crippen molar-refractivity contribution in [1.82, 2.24) is 4.98 Å². The number of carbonyl (C=O) groups is 1. The Labute approximate surface area is 116 Å². The van der Waals surface area contributed by atoms with Gasteiger partial charge in [-0.2, -0.15) is 0 Å². The van der Waals surface area contributed by atoms with E-state index >= 15 is 0 Å². The molecule has 0 saturated carbocycles. The number of Topliss-reactive ketones (excluding diaryl/α,β-unsaturated/α-hetero) is 1. The van der Waals surface area contributed by atoms with Crippen molar-refractivity contribution < 1.29 is 9.18 Å². The van der Waals surface area contributed by atoms with E-state index in [0.29, 0.717) is 16.7 Å². The average molecular weight is 329 g/mol. The van der Waals surface area contributed by atoms with E-state index in [1.54, 1.807) is 17.5 Å². The van der Waals surface area contributed by atoms with Gasteiger partial charge < -0.3 is 5.73 Å². The highest BCUT2D eigenvalue weighted by molar-refractivity contribution is 9.10. The number of nitrogens with two attached hydrogens (primary N) is 1. The lowest BCUT2D eigenvalue weighted by atomic mass is 10.1. The highest BCUT2D eigenvalue weighted by Crippen LogP contribution is 2.18. The number of ketones is 1. The van der Waals surface area contributed by atoms with Gasteiger partial charge in [-0.05, 0) is 33.6 Å². The monoisotopic (exact) mass is 328 g/mol. The molecule has 0 aliphatic heterocycles. The lowest BCUT2D eigenvalue weighted by Gasteiger charge is -2.01. The van der Waals surface area contributed by atoms with Crippen LogP contribution in [0.4, 0.5) is 4.39 Å². The molecule has 0 fully saturated rings. The molecule has 0 radical (unpaired) electrons. The maximum Gasteiger partial charge on any atom is 0.186 e. The fourth-order valence-electron chi connectivity index (χ4n) is 1.46. The van der Waals surface area contributed by atoms with E-state index < -0.39 is 0 Å². The number of halogens is 2. The molecule has 1 heterocycles. The normalized spacial score (nSPS) is 10.6. The molecule has 0 aliphatic rings. The van der Waals surface area contributed by atoms with Crippen molar-refractivity contribution in [3.63, 3.8) is 0 Å². The van der Waals surface area contributed by atoms with E-state index in [-0.39, 0.29) is 18.0 Å². The van der Waals surface area contributed by atoms with Crippen LogP contribution in [0.5, 0.6) is 0 Å². The van der Waals surface area contributed by atoms with Crippen molar-refractivity contribution in [2.24, 2.45) is 5.73 Å². The van der Waals surface area contributed by atoms with Crippen molar-refractivity contribution in [3.05, 3.63) is 50.1 Å². The van der Waals surface area contributed by atoms with Crippen LogP contribution >= 0.6 is 27.3 Å². The molecule has 0 spiro atoms. The zero-order chi connectivity index (χ0) is 13.1. The average Bonchev–Trinajstić information content (AvgIpc) is 2.82. The first-order valence-electron chi connectivity index (χ1n) is 5.21. The fourth-order valence-corrected chi connectivity index (χ4v) is 2.56. The number of nitrogens with zero attached hydrogens (tertiary/aromatic N) is 1. The summed E-state index contributed by atoms with van der Waals surface area (Å²) in [5.74, 6) is -0.435. The third kappa shape index (κ3) is 3.01. The Kier molecular flexibility index (Phi) is 4.21. The van der Waals surface area contributed by atoms with E-state index in [0.717, 1.165) is 10.6 Å². The quantitative estimate of drug-likeness (QED) is 0.878. The third-order valence-corrected chi connectivity index (χ3v) is 3.84. The summed E-state index contributed by atoms with van der Waals surface area (Å²) in [6.07, 6.45) is 0.201. The smallest absolute Gasteiger partial charge is 0.186 e. The Morgan fingerprint density at radius 2 is 2.28 bits per heavy atom. The second-order valence-electron chi connectivity index (χ2n) is 3.68. The Morgan fingerprint density at radius 1 is 1.50 bits per heavy atom. The Bertz CT molecular complexity index is 585. The molecule has 0 bridgehead atoms. The van der Waals surface area contributed by atoms with E-state index in [9.17, 15) is 9.18 Å². The van der Waals surface area contributed by atoms with Gasteiger partial charge in [-0.15, -0.1) is 11.3 Å². The van der Waals surface area contributed by atoms with Gasteiger partial charge in [0.2, 0.25) is 0 Å². The topological polar surface area (TPSA) is 56.0 Å². The first-order chi connectivity index (χ1) is 8.60. The summed E-state index contributed by atoms with van der Waals surface area (Å²) in [5, 5.41) is 2.43. The Morgan fingerprint density at radius 3 is 2.89 bits per heavy atom. The zero-order valence-electron chi connectivity index (χ0n) is 9.32. The van der Waals surface area contributed by atoms with Gasteiger partial charge in [-0.25, -0.2) is 9.37 Å². The lowest BCUT2D eigenvalue weighted by molar-refractivity contribution is 0.0988. The van der Waals surface area contributed by atoms with Crippen molar-refractivity contribution in [2.75, 3.05) is 0 Å². The van der Waals surface area contributed by atoms with Gasteiger partial charge in [-0.3, -0.25) is 4.79 Å². The molecular formula is C12H10BrFN2OS. The number of aromatic nitrogens is 1. The number of rotatable bonds is 4. The summed E-state index contributed by atoms with van der Waals surface area (Å²) in [5.41, 5.74) is 6.60. The Balaban J connectivity index is 2.13. The molecule has 0 atom stereocenters. The summed E-state index contributed by atoms with van der Waals surface area (Å²) >= 11 is 4.46.